The van der Waals surface area contributed by atoms with Crippen molar-refractivity contribution in [2.45, 2.75) is 12.5 Å². The number of carbonyl (C=O) groups excluding carboxylic acids is 1. The van der Waals surface area contributed by atoms with E-state index >= 15 is 0 Å². The van der Waals surface area contributed by atoms with E-state index < -0.39 is 6.04 Å². The zero-order chi connectivity index (χ0) is 15.9. The molecule has 1 amide bonds. The van der Waals surface area contributed by atoms with E-state index in [-0.39, 0.29) is 12.5 Å². The molecular formula is C12H22N3O4STc+. The van der Waals surface area contributed by atoms with Crippen molar-refractivity contribution in [3.63, 3.8) is 0 Å². The summed E-state index contributed by atoms with van der Waals surface area (Å²) < 4.78 is 13.5. The SMILES string of the molecule is O=C([N-]CCN1CCOCC1)C(CCO)[N-]CC[S-].[O]=[Tc+4]. The number of aliphatic hydroxyl groups excluding tert-OH is 1. The molecule has 9 heteroatoms. The van der Waals surface area contributed by atoms with Gasteiger partial charge in [0.15, 0.2) is 0 Å². The molecule has 0 aromatic carbocycles. The number of rotatable bonds is 9. The molecule has 1 N–H and O–H groups in total. The number of amides is 1. The fourth-order valence-electron chi connectivity index (χ4n) is 1.86. The van der Waals surface area contributed by atoms with Crippen LogP contribution in [0.25, 0.3) is 10.6 Å². The van der Waals surface area contributed by atoms with Crippen LogP contribution in [0.1, 0.15) is 6.42 Å². The number of ether oxygens (including phenoxy) is 1. The molecule has 0 aromatic heterocycles. The minimum absolute atomic E-state index is 0.0592. The normalized spacial score (nSPS) is 16.8. The minimum atomic E-state index is -0.530. The van der Waals surface area contributed by atoms with Gasteiger partial charge in [0, 0.05) is 25.6 Å². The molecular weight excluding hydrogens is 380 g/mol. The van der Waals surface area contributed by atoms with Crippen molar-refractivity contribution in [3.05, 3.63) is 10.6 Å². The number of morpholine rings is 1. The third-order valence-electron chi connectivity index (χ3n) is 2.92. The van der Waals surface area contributed by atoms with Crippen LogP contribution in [0.5, 0.6) is 0 Å². The molecule has 1 fully saturated rings. The van der Waals surface area contributed by atoms with Crippen LogP contribution in [-0.4, -0.2) is 80.3 Å². The number of hydrogen-bond donors (Lipinski definition) is 1. The standard InChI is InChI=1S/C12H24N3O3S.O.Tc/c16-7-1-11(13-3-10-19)12(17)14-2-4-15-5-8-18-9-6-15;;/h11,16H,1-10H2,(H2,14,17,19);;/q-1;;+4/p-2. The molecule has 121 valence electrons. The van der Waals surface area contributed by atoms with Gasteiger partial charge < -0.3 is 42.8 Å². The van der Waals surface area contributed by atoms with Crippen molar-refractivity contribution in [3.8, 4) is 0 Å². The van der Waals surface area contributed by atoms with Gasteiger partial charge in [0.1, 0.15) is 0 Å². The van der Waals surface area contributed by atoms with Gasteiger partial charge in [-0.05, 0) is 13.0 Å². The molecule has 1 unspecified atom stereocenters. The van der Waals surface area contributed by atoms with E-state index in [4.69, 9.17) is 26.0 Å². The molecule has 21 heavy (non-hydrogen) atoms. The number of nitrogens with zero attached hydrogens (tertiary/aromatic N) is 3. The molecule has 0 saturated carbocycles. The van der Waals surface area contributed by atoms with Gasteiger partial charge in [0.05, 0.1) is 13.2 Å². The molecule has 1 saturated heterocycles. The Morgan fingerprint density at radius 3 is 2.57 bits per heavy atom. The third kappa shape index (κ3) is 10.5. The molecule has 1 aliphatic heterocycles. The van der Waals surface area contributed by atoms with Gasteiger partial charge in [-0.15, -0.1) is 6.54 Å². The summed E-state index contributed by atoms with van der Waals surface area (Å²) in [6.45, 7) is 4.92. The zero-order valence-electron chi connectivity index (χ0n) is 11.9. The average Bonchev–Trinajstić information content (AvgIpc) is 2.54. The van der Waals surface area contributed by atoms with Crippen molar-refractivity contribution >= 4 is 18.5 Å². The van der Waals surface area contributed by atoms with E-state index in [0.29, 0.717) is 25.3 Å². The fourth-order valence-corrected chi connectivity index (χ4v) is 1.96. The van der Waals surface area contributed by atoms with Crippen LogP contribution in [0.2, 0.25) is 0 Å². The second kappa shape index (κ2) is 15.0. The Kier molecular flexibility index (Phi) is 15.1. The number of aliphatic hydroxyl groups is 1. The predicted molar refractivity (Wildman–Crippen MR) is 77.1 cm³/mol. The van der Waals surface area contributed by atoms with E-state index in [1.54, 1.807) is 0 Å². The summed E-state index contributed by atoms with van der Waals surface area (Å²) in [4.78, 5) is 14.1. The van der Waals surface area contributed by atoms with Gasteiger partial charge in [0.2, 0.25) is 0 Å². The molecule has 0 aliphatic carbocycles. The molecule has 1 atom stereocenters. The quantitative estimate of drug-likeness (QED) is 0.536. The number of carbonyl (C=O) groups is 1. The van der Waals surface area contributed by atoms with Crippen LogP contribution in [0.3, 0.4) is 0 Å². The molecule has 0 radical (unpaired) electrons. The van der Waals surface area contributed by atoms with Crippen molar-refractivity contribution < 1.29 is 37.0 Å². The Morgan fingerprint density at radius 2 is 2.00 bits per heavy atom. The van der Waals surface area contributed by atoms with E-state index in [9.17, 15) is 4.79 Å². The van der Waals surface area contributed by atoms with Crippen molar-refractivity contribution in [2.24, 2.45) is 0 Å². The van der Waals surface area contributed by atoms with Gasteiger partial charge in [0.25, 0.3) is 0 Å². The van der Waals surface area contributed by atoms with Gasteiger partial charge in [-0.3, -0.25) is 0 Å². The molecule has 1 rings (SSSR count). The van der Waals surface area contributed by atoms with Crippen molar-refractivity contribution in [1.29, 1.82) is 0 Å². The van der Waals surface area contributed by atoms with Crippen LogP contribution in [0.4, 0.5) is 0 Å². The summed E-state index contributed by atoms with van der Waals surface area (Å²) in [6, 6.07) is -0.530. The Bertz CT molecular complexity index is 271. The second-order valence-electron chi connectivity index (χ2n) is 4.31. The Balaban J connectivity index is 0.00000191. The molecule has 0 spiro atoms. The van der Waals surface area contributed by atoms with Crippen LogP contribution in [0.15, 0.2) is 0 Å². The van der Waals surface area contributed by atoms with E-state index in [1.807, 2.05) is 0 Å². The molecule has 1 aliphatic rings. The van der Waals surface area contributed by atoms with Crippen molar-refractivity contribution in [1.82, 2.24) is 4.90 Å². The van der Waals surface area contributed by atoms with Gasteiger partial charge in [-0.2, -0.15) is 12.3 Å². The topological polar surface area (TPSA) is 95.0 Å². The maximum absolute atomic E-state index is 11.8. The third-order valence-corrected chi connectivity index (χ3v) is 3.10. The van der Waals surface area contributed by atoms with E-state index in [2.05, 4.69) is 15.5 Å². The zero-order valence-corrected chi connectivity index (χ0v) is 14.6. The van der Waals surface area contributed by atoms with Gasteiger partial charge in [-0.1, -0.05) is 6.04 Å². The first kappa shape index (κ1) is 21.1. The summed E-state index contributed by atoms with van der Waals surface area (Å²) in [7, 11) is 0. The summed E-state index contributed by atoms with van der Waals surface area (Å²) in [6.07, 6.45) is 0.329. The first-order valence-electron chi connectivity index (χ1n) is 6.80. The summed E-state index contributed by atoms with van der Waals surface area (Å²) in [5.41, 5.74) is 0. The fraction of sp³-hybridized carbons (Fsp3) is 0.917. The number of hydrogen-bond acceptors (Lipinski definition) is 6. The van der Waals surface area contributed by atoms with Crippen molar-refractivity contribution in [2.75, 3.05) is 58.3 Å². The van der Waals surface area contributed by atoms with Crippen LogP contribution < -0.4 is 0 Å². The van der Waals surface area contributed by atoms with E-state index in [1.165, 1.54) is 0 Å². The predicted octanol–water partition coefficient (Wildman–Crippen LogP) is -0.231. The second-order valence-corrected chi connectivity index (χ2v) is 4.72. The monoisotopic (exact) mass is 401 g/mol. The Morgan fingerprint density at radius 1 is 1.33 bits per heavy atom. The van der Waals surface area contributed by atoms with Gasteiger partial charge >= 0.3 is 22.4 Å². The summed E-state index contributed by atoms with van der Waals surface area (Å²) in [5, 5.41) is 17.1. The van der Waals surface area contributed by atoms with Crippen LogP contribution in [0, 0.1) is 0 Å². The Labute approximate surface area is 142 Å². The van der Waals surface area contributed by atoms with Crippen LogP contribution >= 0.6 is 0 Å². The molecule has 0 aromatic rings. The first-order valence-corrected chi connectivity index (χ1v) is 8.14. The summed E-state index contributed by atoms with van der Waals surface area (Å²) in [5.74, 6) is 0.244. The summed E-state index contributed by atoms with van der Waals surface area (Å²) >= 11 is 5.70. The maximum atomic E-state index is 11.8. The van der Waals surface area contributed by atoms with E-state index in [0.717, 1.165) is 51.7 Å². The Hall–Kier alpha value is 0.109. The van der Waals surface area contributed by atoms with Gasteiger partial charge in [-0.25, -0.2) is 0 Å². The molecule has 7 nitrogen and oxygen atoms in total. The molecule has 1 heterocycles. The van der Waals surface area contributed by atoms with Crippen LogP contribution in [-0.2, 0) is 44.5 Å². The average molecular weight is 402 g/mol. The molecule has 0 bridgehead atoms. The first-order chi connectivity index (χ1) is 10.3.